The molecule has 0 saturated heterocycles. The fourth-order valence-corrected chi connectivity index (χ4v) is 4.58. The zero-order valence-corrected chi connectivity index (χ0v) is 17.9. The van der Waals surface area contributed by atoms with Crippen molar-refractivity contribution in [2.24, 2.45) is 11.3 Å². The van der Waals surface area contributed by atoms with Gasteiger partial charge in [-0.05, 0) is 35.4 Å². The number of alkyl halides is 3. The Bertz CT molecular complexity index is 783. The maximum absolute atomic E-state index is 12.6. The molecule has 0 aliphatic carbocycles. The summed E-state index contributed by atoms with van der Waals surface area (Å²) in [6.45, 7) is 8.49. The molecule has 1 N–H and O–H groups in total. The molecule has 4 nitrogen and oxygen atoms in total. The van der Waals surface area contributed by atoms with Gasteiger partial charge in [0.15, 0.2) is 4.34 Å². The van der Waals surface area contributed by atoms with Gasteiger partial charge in [-0.1, -0.05) is 62.9 Å². The van der Waals surface area contributed by atoms with E-state index in [1.807, 2.05) is 0 Å². The molecule has 0 fully saturated rings. The molecule has 2 aromatic rings. The van der Waals surface area contributed by atoms with Gasteiger partial charge in [-0.3, -0.25) is 4.79 Å². The number of halogens is 3. The van der Waals surface area contributed by atoms with E-state index in [0.29, 0.717) is 21.6 Å². The molecule has 9 heteroatoms. The minimum absolute atomic E-state index is 0.0906. The smallest absolute Gasteiger partial charge is 0.300 e. The van der Waals surface area contributed by atoms with Crippen molar-refractivity contribution in [3.8, 4) is 0 Å². The first-order valence-corrected chi connectivity index (χ1v) is 10.6. The SMILES string of the molecule is C[C@@H](CC(=O)Nc1nnc(SCc2ccc(C(F)(F)F)cc2)s1)CC(C)(C)C. The molecular weight excluding hydrogens is 407 g/mol. The van der Waals surface area contributed by atoms with Crippen molar-refractivity contribution in [2.75, 3.05) is 5.32 Å². The highest BCUT2D eigenvalue weighted by molar-refractivity contribution is 8.00. The van der Waals surface area contributed by atoms with E-state index >= 15 is 0 Å². The van der Waals surface area contributed by atoms with E-state index in [9.17, 15) is 18.0 Å². The number of aromatic nitrogens is 2. The van der Waals surface area contributed by atoms with Crippen molar-refractivity contribution in [2.45, 2.75) is 56.8 Å². The monoisotopic (exact) mass is 431 g/mol. The molecule has 1 aromatic heterocycles. The van der Waals surface area contributed by atoms with Gasteiger partial charge < -0.3 is 5.32 Å². The summed E-state index contributed by atoms with van der Waals surface area (Å²) in [5, 5.41) is 11.2. The third-order valence-corrected chi connectivity index (χ3v) is 5.83. The second-order valence-corrected chi connectivity index (χ2v) is 10.2. The molecule has 154 valence electrons. The van der Waals surface area contributed by atoms with Gasteiger partial charge in [-0.25, -0.2) is 0 Å². The number of hydrogen-bond acceptors (Lipinski definition) is 5. The Balaban J connectivity index is 1.83. The van der Waals surface area contributed by atoms with Crippen LogP contribution in [0.3, 0.4) is 0 Å². The summed E-state index contributed by atoms with van der Waals surface area (Å²) in [7, 11) is 0. The first kappa shape index (κ1) is 22.7. The van der Waals surface area contributed by atoms with Crippen LogP contribution in [0.4, 0.5) is 18.3 Å². The van der Waals surface area contributed by atoms with Gasteiger partial charge in [-0.15, -0.1) is 10.2 Å². The van der Waals surface area contributed by atoms with Crippen LogP contribution in [-0.2, 0) is 16.7 Å². The molecule has 0 bridgehead atoms. The summed E-state index contributed by atoms with van der Waals surface area (Å²) in [6, 6.07) is 5.05. The van der Waals surface area contributed by atoms with Crippen molar-refractivity contribution < 1.29 is 18.0 Å². The van der Waals surface area contributed by atoms with E-state index in [1.165, 1.54) is 35.2 Å². The van der Waals surface area contributed by atoms with Crippen LogP contribution in [0.2, 0.25) is 0 Å². The Morgan fingerprint density at radius 3 is 2.39 bits per heavy atom. The molecule has 0 saturated carbocycles. The highest BCUT2D eigenvalue weighted by Gasteiger charge is 2.29. The van der Waals surface area contributed by atoms with Crippen molar-refractivity contribution >= 4 is 34.1 Å². The number of amides is 1. The number of carbonyl (C=O) groups is 1. The van der Waals surface area contributed by atoms with E-state index in [0.717, 1.165) is 24.1 Å². The number of nitrogens with zero attached hydrogens (tertiary/aromatic N) is 2. The topological polar surface area (TPSA) is 54.9 Å². The number of thioether (sulfide) groups is 1. The fourth-order valence-electron chi connectivity index (χ4n) is 2.86. The third kappa shape index (κ3) is 7.79. The molecule has 1 amide bonds. The minimum Gasteiger partial charge on any atom is -0.300 e. The second-order valence-electron chi connectivity index (χ2n) is 7.98. The predicted octanol–water partition coefficient (Wildman–Crippen LogP) is 6.25. The van der Waals surface area contributed by atoms with E-state index in [1.54, 1.807) is 0 Å². The first-order chi connectivity index (χ1) is 12.9. The molecule has 0 unspecified atom stereocenters. The fraction of sp³-hybridized carbons (Fsp3) is 0.526. The lowest BCUT2D eigenvalue weighted by Crippen LogP contribution is -2.18. The highest BCUT2D eigenvalue weighted by Crippen LogP contribution is 2.32. The van der Waals surface area contributed by atoms with Crippen molar-refractivity contribution in [1.82, 2.24) is 10.2 Å². The summed E-state index contributed by atoms with van der Waals surface area (Å²) < 4.78 is 38.4. The summed E-state index contributed by atoms with van der Waals surface area (Å²) >= 11 is 2.63. The Morgan fingerprint density at radius 2 is 1.82 bits per heavy atom. The lowest BCUT2D eigenvalue weighted by Gasteiger charge is -2.22. The van der Waals surface area contributed by atoms with Gasteiger partial charge >= 0.3 is 6.18 Å². The van der Waals surface area contributed by atoms with E-state index in [4.69, 9.17) is 0 Å². The quantitative estimate of drug-likeness (QED) is 0.416. The van der Waals surface area contributed by atoms with Gasteiger partial charge in [0.05, 0.1) is 5.56 Å². The molecule has 1 atom stereocenters. The average Bonchev–Trinajstić information content (AvgIpc) is 2.97. The third-order valence-electron chi connectivity index (χ3n) is 3.79. The summed E-state index contributed by atoms with van der Waals surface area (Å²) in [6.07, 6.45) is -2.96. The molecule has 0 radical (unpaired) electrons. The van der Waals surface area contributed by atoms with Gasteiger partial charge in [0.1, 0.15) is 0 Å². The van der Waals surface area contributed by atoms with Crippen molar-refractivity contribution in [3.63, 3.8) is 0 Å². The zero-order chi connectivity index (χ0) is 20.9. The maximum atomic E-state index is 12.6. The standard InChI is InChI=1S/C19H24F3N3OS2/c1-12(10-18(2,3)4)9-15(26)23-16-24-25-17(28-16)27-11-13-5-7-14(8-6-13)19(20,21)22/h5-8,12H,9-11H2,1-4H3,(H,23,24,26)/t12-/m0/s1. The Kier molecular flexibility index (Phi) is 7.50. The lowest BCUT2D eigenvalue weighted by molar-refractivity contribution is -0.137. The largest absolute Gasteiger partial charge is 0.416 e. The number of rotatable bonds is 7. The number of hydrogen-bond donors (Lipinski definition) is 1. The molecule has 1 aromatic carbocycles. The van der Waals surface area contributed by atoms with Crippen LogP contribution in [-0.4, -0.2) is 16.1 Å². The molecule has 0 spiro atoms. The lowest BCUT2D eigenvalue weighted by atomic mass is 9.84. The van der Waals surface area contributed by atoms with Gasteiger partial charge in [0.25, 0.3) is 0 Å². The van der Waals surface area contributed by atoms with Crippen LogP contribution in [0.5, 0.6) is 0 Å². The minimum atomic E-state index is -4.33. The number of nitrogens with one attached hydrogen (secondary N) is 1. The van der Waals surface area contributed by atoms with Crippen LogP contribution < -0.4 is 5.32 Å². The molecule has 2 rings (SSSR count). The second kappa shape index (κ2) is 9.26. The Hall–Kier alpha value is -1.61. The predicted molar refractivity (Wildman–Crippen MR) is 107 cm³/mol. The van der Waals surface area contributed by atoms with Crippen molar-refractivity contribution in [1.29, 1.82) is 0 Å². The highest BCUT2D eigenvalue weighted by atomic mass is 32.2. The Labute approximate surface area is 171 Å². The Morgan fingerprint density at radius 1 is 1.18 bits per heavy atom. The zero-order valence-electron chi connectivity index (χ0n) is 16.3. The number of carbonyl (C=O) groups excluding carboxylic acids is 1. The molecular formula is C19H24F3N3OS2. The molecule has 1 heterocycles. The van der Waals surface area contributed by atoms with Crippen molar-refractivity contribution in [3.05, 3.63) is 35.4 Å². The normalized spacial score (nSPS) is 13.4. The summed E-state index contributed by atoms with van der Waals surface area (Å²) in [5.74, 6) is 0.650. The first-order valence-electron chi connectivity index (χ1n) is 8.85. The van der Waals surface area contributed by atoms with E-state index in [-0.39, 0.29) is 17.2 Å². The summed E-state index contributed by atoms with van der Waals surface area (Å²) in [4.78, 5) is 12.1. The van der Waals surface area contributed by atoms with Crippen LogP contribution in [0.1, 0.15) is 51.7 Å². The molecule has 0 aliphatic heterocycles. The van der Waals surface area contributed by atoms with Crippen LogP contribution in [0.25, 0.3) is 0 Å². The average molecular weight is 432 g/mol. The summed E-state index contributed by atoms with van der Waals surface area (Å²) in [5.41, 5.74) is 0.266. The van der Waals surface area contributed by atoms with E-state index in [2.05, 4.69) is 43.2 Å². The number of anilines is 1. The van der Waals surface area contributed by atoms with Crippen LogP contribution >= 0.6 is 23.1 Å². The van der Waals surface area contributed by atoms with Gasteiger partial charge in [0, 0.05) is 12.2 Å². The van der Waals surface area contributed by atoms with Gasteiger partial charge in [0.2, 0.25) is 11.0 Å². The number of benzene rings is 1. The molecule has 0 aliphatic rings. The maximum Gasteiger partial charge on any atom is 0.416 e. The van der Waals surface area contributed by atoms with Gasteiger partial charge in [-0.2, -0.15) is 13.2 Å². The van der Waals surface area contributed by atoms with Crippen LogP contribution in [0.15, 0.2) is 28.6 Å². The van der Waals surface area contributed by atoms with Crippen LogP contribution in [0, 0.1) is 11.3 Å². The molecule has 28 heavy (non-hydrogen) atoms. The van der Waals surface area contributed by atoms with E-state index < -0.39 is 11.7 Å².